The normalized spacial score (nSPS) is 15.2. The number of carbonyl (C=O) groups is 1. The SMILES string of the molecule is C#CCOc1cc([C@@H]2CC(=O)Nc3c(S(=O)(=O)c4ccc(OC)cc4)csc32)ccc1OC. The Morgan fingerprint density at radius 1 is 1.12 bits per heavy atom. The standard InChI is InChI=1S/C24H21NO6S2/c1-4-11-31-20-12-15(5-10-19(20)30-3)18-13-22(26)25-23-21(14-32-24(18)23)33(27,28)17-8-6-16(29-2)7-9-17/h1,5-10,12,14,18H,11,13H2,2-3H3,(H,25,26)/t18-/m0/s1. The molecule has 33 heavy (non-hydrogen) atoms. The summed E-state index contributed by atoms with van der Waals surface area (Å²) >= 11 is 1.30. The molecule has 0 unspecified atom stereocenters. The van der Waals surface area contributed by atoms with Crippen molar-refractivity contribution < 1.29 is 27.4 Å². The second kappa shape index (κ2) is 9.17. The second-order valence-electron chi connectivity index (χ2n) is 7.23. The van der Waals surface area contributed by atoms with Crippen LogP contribution in [0, 0.1) is 12.3 Å². The van der Waals surface area contributed by atoms with E-state index in [0.29, 0.717) is 22.9 Å². The van der Waals surface area contributed by atoms with Crippen LogP contribution in [0.4, 0.5) is 5.69 Å². The maximum absolute atomic E-state index is 13.3. The fourth-order valence-electron chi connectivity index (χ4n) is 3.70. The zero-order valence-electron chi connectivity index (χ0n) is 18.0. The van der Waals surface area contributed by atoms with Gasteiger partial charge in [0.15, 0.2) is 11.5 Å². The number of amides is 1. The number of fused-ring (bicyclic) bond motifs is 1. The number of methoxy groups -OCH3 is 2. The summed E-state index contributed by atoms with van der Waals surface area (Å²) in [5, 5.41) is 4.33. The van der Waals surface area contributed by atoms with Gasteiger partial charge in [0, 0.05) is 22.6 Å². The van der Waals surface area contributed by atoms with Gasteiger partial charge in [-0.2, -0.15) is 0 Å². The lowest BCUT2D eigenvalue weighted by atomic mass is 9.90. The average molecular weight is 484 g/mol. The lowest BCUT2D eigenvalue weighted by Gasteiger charge is -2.24. The quantitative estimate of drug-likeness (QED) is 0.509. The first-order valence-electron chi connectivity index (χ1n) is 9.93. The van der Waals surface area contributed by atoms with Crippen LogP contribution in [0.1, 0.15) is 22.8 Å². The molecule has 0 aliphatic carbocycles. The van der Waals surface area contributed by atoms with E-state index in [2.05, 4.69) is 11.2 Å². The second-order valence-corrected chi connectivity index (χ2v) is 10.1. The van der Waals surface area contributed by atoms with Crippen LogP contribution in [-0.2, 0) is 14.6 Å². The van der Waals surface area contributed by atoms with Gasteiger partial charge in [-0.15, -0.1) is 17.8 Å². The number of terminal acetylenes is 1. The highest BCUT2D eigenvalue weighted by Gasteiger charge is 2.34. The molecular formula is C24H21NO6S2. The van der Waals surface area contributed by atoms with Crippen LogP contribution in [-0.4, -0.2) is 35.2 Å². The fraction of sp³-hybridized carbons (Fsp3) is 0.208. The van der Waals surface area contributed by atoms with Gasteiger partial charge in [-0.3, -0.25) is 4.79 Å². The molecule has 1 amide bonds. The van der Waals surface area contributed by atoms with Gasteiger partial charge in [0.2, 0.25) is 15.7 Å². The Morgan fingerprint density at radius 3 is 2.55 bits per heavy atom. The first kappa shape index (κ1) is 22.7. The van der Waals surface area contributed by atoms with Crippen molar-refractivity contribution in [2.45, 2.75) is 22.1 Å². The zero-order chi connectivity index (χ0) is 23.6. The lowest BCUT2D eigenvalue weighted by molar-refractivity contribution is -0.116. The molecule has 3 aromatic rings. The van der Waals surface area contributed by atoms with Crippen molar-refractivity contribution >= 4 is 32.8 Å². The summed E-state index contributed by atoms with van der Waals surface area (Å²) in [6.45, 7) is 0.0689. The molecule has 4 rings (SSSR count). The van der Waals surface area contributed by atoms with Crippen molar-refractivity contribution in [1.29, 1.82) is 0 Å². The number of benzene rings is 2. The maximum Gasteiger partial charge on any atom is 0.225 e. The van der Waals surface area contributed by atoms with Gasteiger partial charge in [-0.05, 0) is 42.0 Å². The molecule has 170 valence electrons. The predicted molar refractivity (Wildman–Crippen MR) is 125 cm³/mol. The number of nitrogens with one attached hydrogen (secondary N) is 1. The van der Waals surface area contributed by atoms with Gasteiger partial charge in [0.1, 0.15) is 17.3 Å². The van der Waals surface area contributed by atoms with Crippen molar-refractivity contribution in [3.8, 4) is 29.6 Å². The first-order valence-corrected chi connectivity index (χ1v) is 12.3. The minimum Gasteiger partial charge on any atom is -0.497 e. The van der Waals surface area contributed by atoms with Crippen LogP contribution < -0.4 is 19.5 Å². The Labute approximate surface area is 196 Å². The Hall–Kier alpha value is -3.48. The van der Waals surface area contributed by atoms with E-state index in [1.54, 1.807) is 29.6 Å². The fourth-order valence-corrected chi connectivity index (χ4v) is 6.60. The van der Waals surface area contributed by atoms with E-state index in [1.165, 1.54) is 37.7 Å². The molecule has 1 N–H and O–H groups in total. The van der Waals surface area contributed by atoms with Crippen LogP contribution >= 0.6 is 11.3 Å². The van der Waals surface area contributed by atoms with Crippen LogP contribution in [0.3, 0.4) is 0 Å². The summed E-state index contributed by atoms with van der Waals surface area (Å²) in [5.41, 5.74) is 1.12. The number of thiophene rings is 1. The van der Waals surface area contributed by atoms with Crippen molar-refractivity contribution in [3.63, 3.8) is 0 Å². The van der Waals surface area contributed by atoms with Gasteiger partial charge in [0.05, 0.1) is 24.8 Å². The highest BCUT2D eigenvalue weighted by molar-refractivity contribution is 7.91. The minimum absolute atomic E-state index is 0.0689. The van der Waals surface area contributed by atoms with Gasteiger partial charge >= 0.3 is 0 Å². The van der Waals surface area contributed by atoms with Crippen molar-refractivity contribution in [2.75, 3.05) is 26.1 Å². The third-order valence-electron chi connectivity index (χ3n) is 5.32. The van der Waals surface area contributed by atoms with E-state index in [-0.39, 0.29) is 34.6 Å². The highest BCUT2D eigenvalue weighted by Crippen LogP contribution is 2.47. The molecule has 0 saturated carbocycles. The smallest absolute Gasteiger partial charge is 0.225 e. The molecule has 7 nitrogen and oxygen atoms in total. The summed E-state index contributed by atoms with van der Waals surface area (Å²) in [6.07, 6.45) is 5.48. The number of hydrogen-bond acceptors (Lipinski definition) is 7. The van der Waals surface area contributed by atoms with E-state index >= 15 is 0 Å². The Morgan fingerprint density at radius 2 is 1.88 bits per heavy atom. The van der Waals surface area contributed by atoms with E-state index < -0.39 is 9.84 Å². The highest BCUT2D eigenvalue weighted by atomic mass is 32.2. The van der Waals surface area contributed by atoms with Crippen LogP contribution in [0.2, 0.25) is 0 Å². The molecule has 0 radical (unpaired) electrons. The molecule has 0 spiro atoms. The van der Waals surface area contributed by atoms with E-state index in [0.717, 1.165) is 10.4 Å². The Kier molecular flexibility index (Phi) is 6.31. The van der Waals surface area contributed by atoms with Crippen molar-refractivity contribution in [2.24, 2.45) is 0 Å². The number of ether oxygens (including phenoxy) is 3. The first-order chi connectivity index (χ1) is 15.9. The van der Waals surface area contributed by atoms with Gasteiger partial charge in [0.25, 0.3) is 0 Å². The monoisotopic (exact) mass is 483 g/mol. The lowest BCUT2D eigenvalue weighted by Crippen LogP contribution is -2.23. The topological polar surface area (TPSA) is 90.9 Å². The molecule has 0 bridgehead atoms. The van der Waals surface area contributed by atoms with Crippen molar-refractivity contribution in [1.82, 2.24) is 0 Å². The van der Waals surface area contributed by atoms with E-state index in [1.807, 2.05) is 6.07 Å². The molecule has 0 fully saturated rings. The van der Waals surface area contributed by atoms with Gasteiger partial charge < -0.3 is 19.5 Å². The Bertz CT molecular complexity index is 1340. The number of rotatable bonds is 7. The summed E-state index contributed by atoms with van der Waals surface area (Å²) in [6, 6.07) is 11.5. The summed E-state index contributed by atoms with van der Waals surface area (Å²) < 4.78 is 42.7. The predicted octanol–water partition coefficient (Wildman–Crippen LogP) is 4.08. The van der Waals surface area contributed by atoms with E-state index in [9.17, 15) is 13.2 Å². The molecule has 1 aliphatic heterocycles. The molecule has 2 aromatic carbocycles. The van der Waals surface area contributed by atoms with Crippen molar-refractivity contribution in [3.05, 3.63) is 58.3 Å². The molecule has 1 aromatic heterocycles. The Balaban J connectivity index is 1.76. The summed E-state index contributed by atoms with van der Waals surface area (Å²) in [4.78, 5) is 13.5. The average Bonchev–Trinajstić information content (AvgIpc) is 3.26. The number of hydrogen-bond donors (Lipinski definition) is 1. The van der Waals surface area contributed by atoms with E-state index in [4.69, 9.17) is 20.6 Å². The molecule has 2 heterocycles. The minimum atomic E-state index is -3.85. The zero-order valence-corrected chi connectivity index (χ0v) is 19.6. The van der Waals surface area contributed by atoms with Crippen LogP contribution in [0.15, 0.2) is 57.6 Å². The number of anilines is 1. The molecule has 9 heteroatoms. The molecule has 0 saturated heterocycles. The summed E-state index contributed by atoms with van der Waals surface area (Å²) in [5.74, 6) is 3.35. The number of carbonyl (C=O) groups excluding carboxylic acids is 1. The third kappa shape index (κ3) is 4.27. The molecule has 1 atom stereocenters. The van der Waals surface area contributed by atoms with Crippen LogP contribution in [0.5, 0.6) is 17.2 Å². The van der Waals surface area contributed by atoms with Crippen LogP contribution in [0.25, 0.3) is 0 Å². The molecule has 1 aliphatic rings. The number of sulfone groups is 1. The van der Waals surface area contributed by atoms with Gasteiger partial charge in [-0.1, -0.05) is 12.0 Å². The third-order valence-corrected chi connectivity index (χ3v) is 8.36. The molecular weight excluding hydrogens is 462 g/mol. The largest absolute Gasteiger partial charge is 0.497 e. The van der Waals surface area contributed by atoms with Gasteiger partial charge in [-0.25, -0.2) is 8.42 Å². The summed E-state index contributed by atoms with van der Waals surface area (Å²) in [7, 11) is -0.811. The maximum atomic E-state index is 13.3.